The van der Waals surface area contributed by atoms with Gasteiger partial charge in [-0.15, -0.1) is 10.2 Å². The van der Waals surface area contributed by atoms with E-state index in [0.717, 1.165) is 35.0 Å². The van der Waals surface area contributed by atoms with Gasteiger partial charge in [0.05, 0.1) is 6.10 Å². The van der Waals surface area contributed by atoms with E-state index in [2.05, 4.69) is 17.1 Å². The maximum absolute atomic E-state index is 9.65. The number of thioether (sulfide) groups is 1. The lowest BCUT2D eigenvalue weighted by Gasteiger charge is -2.10. The molecule has 1 saturated carbocycles. The maximum Gasteiger partial charge on any atom is 0.174 e. The van der Waals surface area contributed by atoms with Crippen LogP contribution in [0, 0.1) is 0 Å². The predicted octanol–water partition coefficient (Wildman–Crippen LogP) is 2.11. The first-order chi connectivity index (χ1) is 6.79. The van der Waals surface area contributed by atoms with Gasteiger partial charge in [-0.1, -0.05) is 30.0 Å². The fourth-order valence-corrected chi connectivity index (χ4v) is 3.89. The minimum Gasteiger partial charge on any atom is -0.392 e. The quantitative estimate of drug-likeness (QED) is 0.864. The monoisotopic (exact) mass is 230 g/mol. The molecule has 0 aliphatic heterocycles. The van der Waals surface area contributed by atoms with Crippen LogP contribution in [-0.2, 0) is 6.42 Å². The normalized spacial score (nSPS) is 27.0. The molecule has 0 radical (unpaired) electrons. The molecule has 0 bridgehead atoms. The number of aryl methyl sites for hydroxylation is 1. The fraction of sp³-hybridized carbons (Fsp3) is 0.778. The van der Waals surface area contributed by atoms with Crippen LogP contribution in [0.5, 0.6) is 0 Å². The van der Waals surface area contributed by atoms with Crippen LogP contribution >= 0.6 is 23.1 Å². The Morgan fingerprint density at radius 1 is 1.50 bits per heavy atom. The second-order valence-corrected chi connectivity index (χ2v) is 6.02. The van der Waals surface area contributed by atoms with Crippen LogP contribution < -0.4 is 0 Å². The molecule has 1 aromatic rings. The van der Waals surface area contributed by atoms with Gasteiger partial charge in [-0.3, -0.25) is 0 Å². The van der Waals surface area contributed by atoms with Gasteiger partial charge in [0.25, 0.3) is 0 Å². The Labute approximate surface area is 91.9 Å². The van der Waals surface area contributed by atoms with E-state index in [9.17, 15) is 5.11 Å². The Balaban J connectivity index is 1.96. The van der Waals surface area contributed by atoms with E-state index in [0.29, 0.717) is 5.25 Å². The molecular formula is C9H14N2OS2. The lowest BCUT2D eigenvalue weighted by molar-refractivity contribution is 0.188. The van der Waals surface area contributed by atoms with Crippen molar-refractivity contribution in [3.63, 3.8) is 0 Å². The maximum atomic E-state index is 9.65. The minimum atomic E-state index is -0.144. The summed E-state index contributed by atoms with van der Waals surface area (Å²) in [7, 11) is 0. The van der Waals surface area contributed by atoms with Gasteiger partial charge < -0.3 is 5.11 Å². The van der Waals surface area contributed by atoms with Crippen molar-refractivity contribution in [3.05, 3.63) is 5.01 Å². The molecule has 0 unspecified atom stereocenters. The number of aromatic nitrogens is 2. The molecule has 14 heavy (non-hydrogen) atoms. The van der Waals surface area contributed by atoms with Gasteiger partial charge in [0.1, 0.15) is 5.01 Å². The Kier molecular flexibility index (Phi) is 3.41. The first-order valence-corrected chi connectivity index (χ1v) is 6.66. The molecule has 0 saturated heterocycles. The van der Waals surface area contributed by atoms with Gasteiger partial charge in [0.2, 0.25) is 0 Å². The van der Waals surface area contributed by atoms with E-state index in [-0.39, 0.29) is 6.10 Å². The van der Waals surface area contributed by atoms with Gasteiger partial charge in [0.15, 0.2) is 4.34 Å². The van der Waals surface area contributed by atoms with Crippen LogP contribution in [0.1, 0.15) is 31.2 Å². The van der Waals surface area contributed by atoms with Crippen molar-refractivity contribution in [3.8, 4) is 0 Å². The van der Waals surface area contributed by atoms with E-state index in [4.69, 9.17) is 0 Å². The summed E-state index contributed by atoms with van der Waals surface area (Å²) in [5.74, 6) is 0. The highest BCUT2D eigenvalue weighted by Crippen LogP contribution is 2.36. The molecule has 3 nitrogen and oxygen atoms in total. The Bertz CT molecular complexity index is 303. The summed E-state index contributed by atoms with van der Waals surface area (Å²) in [5.41, 5.74) is 0. The summed E-state index contributed by atoms with van der Waals surface area (Å²) < 4.78 is 1.01. The van der Waals surface area contributed by atoms with Gasteiger partial charge in [-0.25, -0.2) is 0 Å². The summed E-state index contributed by atoms with van der Waals surface area (Å²) in [4.78, 5) is 0. The van der Waals surface area contributed by atoms with E-state index < -0.39 is 0 Å². The standard InChI is InChI=1S/C9H14N2OS2/c1-2-8-10-11-9(14-8)13-7-5-3-4-6(7)12/h6-7,12H,2-5H2,1H3/t6-,7-/m1/s1. The average Bonchev–Trinajstić information content (AvgIpc) is 2.77. The van der Waals surface area contributed by atoms with Gasteiger partial charge in [-0.05, 0) is 25.7 Å². The van der Waals surface area contributed by atoms with Crippen molar-refractivity contribution < 1.29 is 5.11 Å². The molecule has 1 aromatic heterocycles. The first-order valence-electron chi connectivity index (χ1n) is 4.96. The van der Waals surface area contributed by atoms with Crippen LogP contribution in [0.4, 0.5) is 0 Å². The van der Waals surface area contributed by atoms with E-state index in [1.165, 1.54) is 0 Å². The smallest absolute Gasteiger partial charge is 0.174 e. The molecule has 1 aliphatic carbocycles. The van der Waals surface area contributed by atoms with Crippen molar-refractivity contribution in [2.24, 2.45) is 0 Å². The summed E-state index contributed by atoms with van der Waals surface area (Å²) in [5, 5.41) is 19.2. The molecule has 0 aromatic carbocycles. The van der Waals surface area contributed by atoms with Crippen molar-refractivity contribution in [2.75, 3.05) is 0 Å². The van der Waals surface area contributed by atoms with Crippen LogP contribution in [0.25, 0.3) is 0 Å². The molecule has 1 aliphatic rings. The summed E-state index contributed by atoms with van der Waals surface area (Å²) in [6, 6.07) is 0. The molecule has 1 N–H and O–H groups in total. The zero-order chi connectivity index (χ0) is 9.97. The number of aliphatic hydroxyl groups is 1. The average molecular weight is 230 g/mol. The Hall–Kier alpha value is -0.130. The van der Waals surface area contributed by atoms with Crippen molar-refractivity contribution in [1.29, 1.82) is 0 Å². The zero-order valence-electron chi connectivity index (χ0n) is 8.14. The highest BCUT2D eigenvalue weighted by atomic mass is 32.2. The van der Waals surface area contributed by atoms with Crippen molar-refractivity contribution in [1.82, 2.24) is 10.2 Å². The predicted molar refractivity (Wildman–Crippen MR) is 58.8 cm³/mol. The largest absolute Gasteiger partial charge is 0.392 e. The van der Waals surface area contributed by atoms with E-state index >= 15 is 0 Å². The number of hydrogen-bond donors (Lipinski definition) is 1. The summed E-state index contributed by atoms with van der Waals surface area (Å²) in [6.07, 6.45) is 3.99. The second kappa shape index (κ2) is 4.59. The summed E-state index contributed by atoms with van der Waals surface area (Å²) >= 11 is 3.34. The molecule has 1 heterocycles. The van der Waals surface area contributed by atoms with Gasteiger partial charge in [-0.2, -0.15) is 0 Å². The Morgan fingerprint density at radius 3 is 2.93 bits per heavy atom. The lowest BCUT2D eigenvalue weighted by atomic mass is 10.3. The molecule has 0 spiro atoms. The Morgan fingerprint density at radius 2 is 2.36 bits per heavy atom. The molecule has 2 atom stereocenters. The topological polar surface area (TPSA) is 46.0 Å². The molecular weight excluding hydrogens is 216 g/mol. The SMILES string of the molecule is CCc1nnc(S[C@@H]2CCC[C@H]2O)s1. The molecule has 5 heteroatoms. The highest BCUT2D eigenvalue weighted by Gasteiger charge is 2.27. The van der Waals surface area contributed by atoms with Crippen LogP contribution in [0.2, 0.25) is 0 Å². The third-order valence-electron chi connectivity index (χ3n) is 2.42. The van der Waals surface area contributed by atoms with Crippen molar-refractivity contribution in [2.45, 2.75) is 48.3 Å². The minimum absolute atomic E-state index is 0.144. The number of nitrogens with zero attached hydrogens (tertiary/aromatic N) is 2. The molecule has 1 fully saturated rings. The fourth-order valence-electron chi connectivity index (χ4n) is 1.60. The first kappa shape index (κ1) is 10.4. The lowest BCUT2D eigenvalue weighted by Crippen LogP contribution is -2.14. The number of rotatable bonds is 3. The number of hydrogen-bond acceptors (Lipinski definition) is 5. The van der Waals surface area contributed by atoms with Gasteiger partial charge >= 0.3 is 0 Å². The third-order valence-corrected chi connectivity index (χ3v) is 4.96. The summed E-state index contributed by atoms with van der Waals surface area (Å²) in [6.45, 7) is 2.08. The van der Waals surface area contributed by atoms with Crippen molar-refractivity contribution >= 4 is 23.1 Å². The zero-order valence-corrected chi connectivity index (χ0v) is 9.77. The van der Waals surface area contributed by atoms with Gasteiger partial charge in [0, 0.05) is 5.25 Å². The molecule has 0 amide bonds. The van der Waals surface area contributed by atoms with E-state index in [1.807, 2.05) is 0 Å². The second-order valence-electron chi connectivity index (χ2n) is 3.47. The highest BCUT2D eigenvalue weighted by molar-refractivity contribution is 8.01. The van der Waals surface area contributed by atoms with Crippen LogP contribution in [0.3, 0.4) is 0 Å². The van der Waals surface area contributed by atoms with E-state index in [1.54, 1.807) is 23.1 Å². The third kappa shape index (κ3) is 2.27. The number of aliphatic hydroxyl groups excluding tert-OH is 1. The molecule has 2 rings (SSSR count). The van der Waals surface area contributed by atoms with Crippen LogP contribution in [0.15, 0.2) is 4.34 Å². The van der Waals surface area contributed by atoms with Crippen LogP contribution in [-0.4, -0.2) is 26.7 Å². The molecule has 78 valence electrons.